The number of nitrogens with one attached hydrogen (secondary N) is 1. The van der Waals surface area contributed by atoms with Crippen molar-refractivity contribution in [3.05, 3.63) is 33.1 Å². The highest BCUT2D eigenvalue weighted by atomic mass is 127. The highest BCUT2D eigenvalue weighted by Crippen LogP contribution is 2.28. The fourth-order valence-electron chi connectivity index (χ4n) is 1.71. The van der Waals surface area contributed by atoms with Gasteiger partial charge in [-0.25, -0.2) is 4.79 Å². The number of hydrogen-bond donors (Lipinski definition) is 3. The van der Waals surface area contributed by atoms with E-state index in [1.165, 1.54) is 6.20 Å². The van der Waals surface area contributed by atoms with Crippen molar-refractivity contribution in [1.29, 1.82) is 0 Å². The summed E-state index contributed by atoms with van der Waals surface area (Å²) in [6.45, 7) is 0. The molecule has 0 aliphatic carbocycles. The van der Waals surface area contributed by atoms with E-state index in [4.69, 9.17) is 4.74 Å². The van der Waals surface area contributed by atoms with Gasteiger partial charge in [-0.1, -0.05) is 22.6 Å². The van der Waals surface area contributed by atoms with Gasteiger partial charge in [-0.15, -0.1) is 0 Å². The van der Waals surface area contributed by atoms with Crippen LogP contribution >= 0.6 is 22.6 Å². The van der Waals surface area contributed by atoms with Crippen molar-refractivity contribution in [2.45, 2.75) is 24.5 Å². The Hall–Kier alpha value is -0.710. The summed E-state index contributed by atoms with van der Waals surface area (Å²) >= 11 is 2.02. The minimum atomic E-state index is -1.20. The topological polar surface area (TPSA) is 105 Å². The SMILES string of the molecule is O=c1ccn([C@@H]2O[C@H](CI)[C@H](O)[C@H]2O)c(=O)[nH]1. The third-order valence-corrected chi connectivity index (χ3v) is 3.48. The zero-order valence-electron chi connectivity index (χ0n) is 8.62. The molecule has 8 heteroatoms. The first-order valence-electron chi connectivity index (χ1n) is 4.93. The van der Waals surface area contributed by atoms with Crippen molar-refractivity contribution in [3.8, 4) is 0 Å². The van der Waals surface area contributed by atoms with Crippen LogP contribution in [0.3, 0.4) is 0 Å². The maximum absolute atomic E-state index is 11.5. The van der Waals surface area contributed by atoms with Crippen molar-refractivity contribution in [3.63, 3.8) is 0 Å². The molecule has 1 aliphatic rings. The summed E-state index contributed by atoms with van der Waals surface area (Å²) in [6, 6.07) is 1.15. The lowest BCUT2D eigenvalue weighted by molar-refractivity contribution is -0.0335. The highest BCUT2D eigenvalue weighted by Gasteiger charge is 2.43. The van der Waals surface area contributed by atoms with Gasteiger partial charge in [0.05, 0.1) is 6.10 Å². The van der Waals surface area contributed by atoms with Gasteiger partial charge in [0, 0.05) is 16.7 Å². The average molecular weight is 354 g/mol. The molecule has 2 heterocycles. The van der Waals surface area contributed by atoms with Crippen LogP contribution in [0.2, 0.25) is 0 Å². The van der Waals surface area contributed by atoms with E-state index in [1.807, 2.05) is 22.6 Å². The third-order valence-electron chi connectivity index (χ3n) is 2.61. The Morgan fingerprint density at radius 1 is 1.41 bits per heavy atom. The van der Waals surface area contributed by atoms with Gasteiger partial charge in [-0.2, -0.15) is 0 Å². The summed E-state index contributed by atoms with van der Waals surface area (Å²) in [6.07, 6.45) is -2.52. The second-order valence-electron chi connectivity index (χ2n) is 3.72. The molecule has 1 fully saturated rings. The van der Waals surface area contributed by atoms with E-state index in [0.29, 0.717) is 4.43 Å². The molecule has 1 aliphatic heterocycles. The first-order valence-corrected chi connectivity index (χ1v) is 6.46. The molecule has 94 valence electrons. The molecule has 0 bridgehead atoms. The molecule has 1 saturated heterocycles. The molecule has 2 rings (SSSR count). The standard InChI is InChI=1S/C9H11IN2O5/c10-3-4-6(14)7(15)8(17-4)12-2-1-5(13)11-9(12)16/h1-2,4,6-8,14-15H,3H2,(H,11,13,16)/t4-,6+,7-,8-/m1/s1. The van der Waals surface area contributed by atoms with Crippen LogP contribution in [0, 0.1) is 0 Å². The van der Waals surface area contributed by atoms with Gasteiger partial charge in [0.1, 0.15) is 12.2 Å². The summed E-state index contributed by atoms with van der Waals surface area (Å²) in [7, 11) is 0. The van der Waals surface area contributed by atoms with E-state index in [-0.39, 0.29) is 0 Å². The van der Waals surface area contributed by atoms with Crippen molar-refractivity contribution < 1.29 is 14.9 Å². The lowest BCUT2D eigenvalue weighted by atomic mass is 10.1. The molecule has 0 saturated carbocycles. The lowest BCUT2D eigenvalue weighted by Crippen LogP contribution is -2.37. The van der Waals surface area contributed by atoms with Crippen LogP contribution in [0.4, 0.5) is 0 Å². The number of nitrogens with zero attached hydrogens (tertiary/aromatic N) is 1. The smallest absolute Gasteiger partial charge is 0.330 e. The van der Waals surface area contributed by atoms with Gasteiger partial charge in [-0.3, -0.25) is 14.3 Å². The Bertz CT molecular complexity index is 513. The van der Waals surface area contributed by atoms with Crippen molar-refractivity contribution in [1.82, 2.24) is 9.55 Å². The number of ether oxygens (including phenoxy) is 1. The zero-order chi connectivity index (χ0) is 12.6. The number of hydrogen-bond acceptors (Lipinski definition) is 5. The minimum absolute atomic E-state index is 0.491. The Morgan fingerprint density at radius 3 is 2.65 bits per heavy atom. The molecular formula is C9H11IN2O5. The molecule has 0 unspecified atom stereocenters. The fourth-order valence-corrected chi connectivity index (χ4v) is 2.44. The van der Waals surface area contributed by atoms with Gasteiger partial charge < -0.3 is 14.9 Å². The normalized spacial score (nSPS) is 32.9. The number of halogens is 1. The maximum atomic E-state index is 11.5. The number of aliphatic hydroxyl groups is 2. The molecule has 4 atom stereocenters. The second kappa shape index (κ2) is 4.88. The molecule has 0 spiro atoms. The van der Waals surface area contributed by atoms with Gasteiger partial charge in [0.2, 0.25) is 0 Å². The van der Waals surface area contributed by atoms with E-state index < -0.39 is 35.8 Å². The summed E-state index contributed by atoms with van der Waals surface area (Å²) in [5, 5.41) is 19.4. The van der Waals surface area contributed by atoms with Crippen molar-refractivity contribution in [2.75, 3.05) is 4.43 Å². The summed E-state index contributed by atoms with van der Waals surface area (Å²) in [4.78, 5) is 24.5. The van der Waals surface area contributed by atoms with Crippen LogP contribution in [-0.2, 0) is 4.74 Å². The second-order valence-corrected chi connectivity index (χ2v) is 4.60. The van der Waals surface area contributed by atoms with E-state index >= 15 is 0 Å². The Kier molecular flexibility index (Phi) is 3.66. The first-order chi connectivity index (χ1) is 8.04. The molecule has 3 N–H and O–H groups in total. The number of aromatic amines is 1. The molecule has 0 amide bonds. The van der Waals surface area contributed by atoms with Gasteiger partial charge in [0.15, 0.2) is 6.23 Å². The van der Waals surface area contributed by atoms with Crippen LogP contribution in [0.25, 0.3) is 0 Å². The Morgan fingerprint density at radius 2 is 2.12 bits per heavy atom. The van der Waals surface area contributed by atoms with E-state index in [0.717, 1.165) is 10.6 Å². The predicted octanol–water partition coefficient (Wildman–Crippen LogP) is -1.41. The molecule has 7 nitrogen and oxygen atoms in total. The van der Waals surface area contributed by atoms with Gasteiger partial charge >= 0.3 is 5.69 Å². The Labute approximate surface area is 109 Å². The molecule has 0 aromatic carbocycles. The van der Waals surface area contributed by atoms with Crippen LogP contribution < -0.4 is 11.2 Å². The predicted molar refractivity (Wildman–Crippen MR) is 66.1 cm³/mol. The van der Waals surface area contributed by atoms with E-state index in [9.17, 15) is 19.8 Å². The lowest BCUT2D eigenvalue weighted by Gasteiger charge is -2.16. The van der Waals surface area contributed by atoms with E-state index in [2.05, 4.69) is 4.98 Å². The monoisotopic (exact) mass is 354 g/mol. The van der Waals surface area contributed by atoms with Crippen LogP contribution in [0.15, 0.2) is 21.9 Å². The first kappa shape index (κ1) is 12.7. The van der Waals surface area contributed by atoms with Crippen LogP contribution in [0.1, 0.15) is 6.23 Å². The number of aliphatic hydroxyl groups excluding tert-OH is 2. The molecule has 0 radical (unpaired) electrons. The molecule has 1 aromatic heterocycles. The summed E-state index contributed by atoms with van der Waals surface area (Å²) in [5.74, 6) is 0. The Balaban J connectivity index is 2.35. The highest BCUT2D eigenvalue weighted by molar-refractivity contribution is 14.1. The molecular weight excluding hydrogens is 343 g/mol. The molecule has 17 heavy (non-hydrogen) atoms. The number of alkyl halides is 1. The van der Waals surface area contributed by atoms with Gasteiger partial charge in [0.25, 0.3) is 5.56 Å². The number of H-pyrrole nitrogens is 1. The average Bonchev–Trinajstić information content (AvgIpc) is 2.57. The van der Waals surface area contributed by atoms with Crippen molar-refractivity contribution >= 4 is 22.6 Å². The quantitative estimate of drug-likeness (QED) is 0.447. The van der Waals surface area contributed by atoms with Gasteiger partial charge in [-0.05, 0) is 0 Å². The van der Waals surface area contributed by atoms with Crippen LogP contribution in [0.5, 0.6) is 0 Å². The van der Waals surface area contributed by atoms with Crippen molar-refractivity contribution in [2.24, 2.45) is 0 Å². The number of aromatic nitrogens is 2. The van der Waals surface area contributed by atoms with Crippen LogP contribution in [-0.4, -0.2) is 42.5 Å². The van der Waals surface area contributed by atoms with E-state index in [1.54, 1.807) is 0 Å². The summed E-state index contributed by atoms with van der Waals surface area (Å²) < 4.78 is 6.92. The zero-order valence-corrected chi connectivity index (χ0v) is 10.8. The maximum Gasteiger partial charge on any atom is 0.330 e. The largest absolute Gasteiger partial charge is 0.387 e. The third kappa shape index (κ3) is 2.30. The minimum Gasteiger partial charge on any atom is -0.387 e. The molecule has 1 aromatic rings. The number of rotatable bonds is 2. The fraction of sp³-hybridized carbons (Fsp3) is 0.556. The summed E-state index contributed by atoms with van der Waals surface area (Å²) in [5.41, 5.74) is -1.20.